The van der Waals surface area contributed by atoms with Crippen LogP contribution < -0.4 is 5.32 Å². The Morgan fingerprint density at radius 3 is 2.58 bits per heavy atom. The maximum atomic E-state index is 12.1. The predicted octanol–water partition coefficient (Wildman–Crippen LogP) is 1.29. The van der Waals surface area contributed by atoms with E-state index in [9.17, 15) is 28.8 Å². The fraction of sp³-hybridized carbons (Fsp3) is 0.765. The molecule has 1 saturated carbocycles. The van der Waals surface area contributed by atoms with Gasteiger partial charge >= 0.3 is 15.6 Å². The van der Waals surface area contributed by atoms with E-state index in [-0.39, 0.29) is 24.6 Å². The topological polar surface area (TPSA) is 167 Å². The molecule has 1 fully saturated rings. The summed E-state index contributed by atoms with van der Waals surface area (Å²) < 4.78 is 38.0. The Bertz CT molecular complexity index is 871. The summed E-state index contributed by atoms with van der Waals surface area (Å²) in [5.41, 5.74) is -0.360. The van der Waals surface area contributed by atoms with Gasteiger partial charge in [0.15, 0.2) is 6.04 Å². The predicted molar refractivity (Wildman–Crippen MR) is 110 cm³/mol. The molecular formula is C17H29N3O9P2. The Morgan fingerprint density at radius 1 is 1.26 bits per heavy atom. The number of carbonyl (C=O) groups excluding carboxylic acids is 1. The normalized spacial score (nSPS) is 34.7. The van der Waals surface area contributed by atoms with Crippen LogP contribution in [-0.2, 0) is 27.3 Å². The highest BCUT2D eigenvalue weighted by Gasteiger charge is 2.45. The molecule has 2 heterocycles. The monoisotopic (exact) mass is 481 g/mol. The Kier molecular flexibility index (Phi) is 6.87. The molecule has 176 valence electrons. The molecule has 3 aliphatic rings. The molecule has 1 amide bonds. The number of aliphatic hydroxyl groups is 1. The van der Waals surface area contributed by atoms with E-state index in [0.717, 1.165) is 5.70 Å². The van der Waals surface area contributed by atoms with Crippen LogP contribution >= 0.6 is 15.6 Å². The van der Waals surface area contributed by atoms with Gasteiger partial charge in [-0.25, -0.2) is 9.13 Å². The number of amides is 1. The molecule has 0 radical (unpaired) electrons. The summed E-state index contributed by atoms with van der Waals surface area (Å²) in [5.74, 6) is -0.711. The number of phosphoric acid groups is 2. The van der Waals surface area contributed by atoms with Crippen LogP contribution in [0.4, 0.5) is 0 Å². The van der Waals surface area contributed by atoms with Gasteiger partial charge in [0.1, 0.15) is 0 Å². The third kappa shape index (κ3) is 6.24. The zero-order valence-electron chi connectivity index (χ0n) is 17.7. The van der Waals surface area contributed by atoms with E-state index in [1.807, 2.05) is 11.0 Å². The van der Waals surface area contributed by atoms with Crippen molar-refractivity contribution in [1.82, 2.24) is 10.2 Å². The maximum Gasteiger partial charge on any atom is 0.481 e. The molecule has 0 aromatic carbocycles. The molecule has 12 nitrogen and oxygen atoms in total. The van der Waals surface area contributed by atoms with Gasteiger partial charge in [0.05, 0.1) is 30.7 Å². The van der Waals surface area contributed by atoms with Crippen molar-refractivity contribution in [3.8, 4) is 0 Å². The molecule has 0 spiro atoms. The minimum atomic E-state index is -4.92. The summed E-state index contributed by atoms with van der Waals surface area (Å²) in [5, 5.41) is 13.2. The van der Waals surface area contributed by atoms with Crippen molar-refractivity contribution in [1.29, 1.82) is 0 Å². The summed E-state index contributed by atoms with van der Waals surface area (Å²) >= 11 is 0. The number of hydrogen-bond donors (Lipinski definition) is 4. The van der Waals surface area contributed by atoms with E-state index in [4.69, 9.17) is 9.05 Å². The summed E-state index contributed by atoms with van der Waals surface area (Å²) in [6, 6.07) is -0.971. The van der Waals surface area contributed by atoms with Gasteiger partial charge < -0.3 is 25.1 Å². The van der Waals surface area contributed by atoms with Crippen LogP contribution in [0.5, 0.6) is 0 Å². The minimum absolute atomic E-state index is 0.163. The molecule has 0 saturated heterocycles. The number of fused-ring (bicyclic) bond motifs is 1. The Hall–Kier alpha value is -1.10. The van der Waals surface area contributed by atoms with Crippen molar-refractivity contribution in [2.45, 2.75) is 70.4 Å². The number of phosphoric ester groups is 2. The molecule has 3 rings (SSSR count). The van der Waals surface area contributed by atoms with E-state index in [1.54, 1.807) is 13.3 Å². The van der Waals surface area contributed by atoms with Crippen molar-refractivity contribution < 1.29 is 42.2 Å². The number of aliphatic hydroxyl groups excluding tert-OH is 1. The highest BCUT2D eigenvalue weighted by Crippen LogP contribution is 2.62. The molecule has 4 N–H and O–H groups in total. The van der Waals surface area contributed by atoms with Crippen LogP contribution in [0.3, 0.4) is 0 Å². The van der Waals surface area contributed by atoms with Crippen molar-refractivity contribution >= 4 is 27.9 Å². The quantitative estimate of drug-likeness (QED) is 0.389. The first-order valence-electron chi connectivity index (χ1n) is 9.86. The van der Waals surface area contributed by atoms with Crippen molar-refractivity contribution in [2.24, 2.45) is 10.9 Å². The Balaban J connectivity index is 1.58. The number of aliphatic imine (C=N–C) groups is 1. The average Bonchev–Trinajstić information content (AvgIpc) is 3.13. The van der Waals surface area contributed by atoms with E-state index >= 15 is 0 Å². The first-order valence-corrected chi connectivity index (χ1v) is 12.9. The molecule has 2 aliphatic heterocycles. The first-order chi connectivity index (χ1) is 14.2. The number of rotatable bonds is 7. The third-order valence-corrected chi connectivity index (χ3v) is 8.04. The van der Waals surface area contributed by atoms with Crippen molar-refractivity contribution in [2.75, 3.05) is 6.61 Å². The molecule has 7 atom stereocenters. The highest BCUT2D eigenvalue weighted by molar-refractivity contribution is 7.61. The number of carbonyl (C=O) groups is 1. The average molecular weight is 481 g/mol. The lowest BCUT2D eigenvalue weighted by Gasteiger charge is -2.33. The summed E-state index contributed by atoms with van der Waals surface area (Å²) in [6.45, 7) is 5.87. The van der Waals surface area contributed by atoms with Gasteiger partial charge in [-0.3, -0.25) is 18.8 Å². The van der Waals surface area contributed by atoms with Crippen LogP contribution in [0.1, 0.15) is 40.5 Å². The fourth-order valence-corrected chi connectivity index (χ4v) is 6.42. The molecule has 14 heteroatoms. The second-order valence-corrected chi connectivity index (χ2v) is 11.9. The zero-order valence-corrected chi connectivity index (χ0v) is 19.5. The van der Waals surface area contributed by atoms with Gasteiger partial charge in [-0.05, 0) is 46.6 Å². The number of allylic oxidation sites excluding steroid dienone is 1. The van der Waals surface area contributed by atoms with Crippen molar-refractivity contribution in [3.63, 3.8) is 0 Å². The minimum Gasteiger partial charge on any atom is -0.393 e. The second-order valence-electron chi connectivity index (χ2n) is 8.96. The highest BCUT2D eigenvalue weighted by atomic mass is 31.3. The smallest absolute Gasteiger partial charge is 0.393 e. The van der Waals surface area contributed by atoms with E-state index in [0.29, 0.717) is 12.8 Å². The van der Waals surface area contributed by atoms with E-state index < -0.39 is 39.3 Å². The lowest BCUT2D eigenvalue weighted by Crippen LogP contribution is -2.50. The fourth-order valence-electron chi connectivity index (χ4n) is 3.98. The van der Waals surface area contributed by atoms with Crippen LogP contribution in [0.2, 0.25) is 0 Å². The molecular weight excluding hydrogens is 452 g/mol. The lowest BCUT2D eigenvalue weighted by atomic mass is 10.0. The molecule has 31 heavy (non-hydrogen) atoms. The van der Waals surface area contributed by atoms with E-state index in [1.165, 1.54) is 20.8 Å². The van der Waals surface area contributed by atoms with Gasteiger partial charge in [-0.15, -0.1) is 0 Å². The zero-order chi connectivity index (χ0) is 23.2. The first kappa shape index (κ1) is 24.5. The standard InChI is InChI=1S/C17H29N3O9P2/c1-10-5-13-15(16(22)19-10)18-9-20(13)12-6-11(14(21)7-12)8-27-30(23,24)29-31(25,26)28-17(2,3)4/h5,9,11-15,21H,6-8H2,1-4H3,(H,19,22)(H,23,24)(H,25,26). The SMILES string of the molecule is CC1=CC2C(N=CN2C2CC(O)C(COP(=O)(O)OP(=O)(O)OC(C)(C)C)C2)C(=O)N1. The Morgan fingerprint density at radius 2 is 1.94 bits per heavy atom. The van der Waals surface area contributed by atoms with E-state index in [2.05, 4.69) is 14.6 Å². The van der Waals surface area contributed by atoms with Gasteiger partial charge in [0.2, 0.25) is 0 Å². The van der Waals surface area contributed by atoms with Crippen LogP contribution in [0.15, 0.2) is 16.8 Å². The summed E-state index contributed by atoms with van der Waals surface area (Å²) in [4.78, 5) is 37.7. The molecule has 0 aromatic rings. The largest absolute Gasteiger partial charge is 0.481 e. The summed E-state index contributed by atoms with van der Waals surface area (Å²) in [6.07, 6.45) is 3.40. The van der Waals surface area contributed by atoms with Gasteiger partial charge in [-0.2, -0.15) is 4.31 Å². The molecule has 1 aliphatic carbocycles. The van der Waals surface area contributed by atoms with Gasteiger partial charge in [0, 0.05) is 17.7 Å². The van der Waals surface area contributed by atoms with Crippen LogP contribution in [-0.4, -0.2) is 68.5 Å². The number of nitrogens with zero attached hydrogens (tertiary/aromatic N) is 2. The molecule has 7 unspecified atom stereocenters. The Labute approximate surface area is 180 Å². The second kappa shape index (κ2) is 8.68. The van der Waals surface area contributed by atoms with Crippen molar-refractivity contribution in [3.05, 3.63) is 11.8 Å². The summed E-state index contributed by atoms with van der Waals surface area (Å²) in [7, 11) is -9.76. The van der Waals surface area contributed by atoms with Gasteiger partial charge in [0.25, 0.3) is 5.91 Å². The van der Waals surface area contributed by atoms with Crippen LogP contribution in [0.25, 0.3) is 0 Å². The van der Waals surface area contributed by atoms with Gasteiger partial charge in [-0.1, -0.05) is 0 Å². The molecule has 0 bridgehead atoms. The number of hydrogen-bond acceptors (Lipinski definition) is 9. The molecule has 0 aromatic heterocycles. The lowest BCUT2D eigenvalue weighted by molar-refractivity contribution is -0.122. The number of nitrogens with one attached hydrogen (secondary N) is 1. The maximum absolute atomic E-state index is 12.1. The van der Waals surface area contributed by atoms with Crippen LogP contribution in [0, 0.1) is 5.92 Å². The third-order valence-electron chi connectivity index (χ3n) is 5.14.